The molecule has 3 atom stereocenters. The second-order valence-corrected chi connectivity index (χ2v) is 10.7. The molecule has 31 heavy (non-hydrogen) atoms. The van der Waals surface area contributed by atoms with Crippen molar-refractivity contribution in [3.8, 4) is 12.1 Å². The molecule has 1 aliphatic heterocycles. The number of nitrogens with two attached hydrogens (primary N) is 1. The Hall–Kier alpha value is -1.84. The van der Waals surface area contributed by atoms with Gasteiger partial charge in [-0.25, -0.2) is 4.99 Å². The molecule has 0 aromatic heterocycles. The molecule has 2 aliphatic rings. The third kappa shape index (κ3) is 3.41. The second-order valence-electron chi connectivity index (χ2n) is 7.88. The van der Waals surface area contributed by atoms with Crippen molar-refractivity contribution in [1.82, 2.24) is 0 Å². The number of hydrogen-bond acceptors (Lipinski definition) is 6. The lowest BCUT2D eigenvalue weighted by Crippen LogP contribution is -2.32. The highest BCUT2D eigenvalue weighted by Crippen LogP contribution is 2.85. The van der Waals surface area contributed by atoms with Crippen molar-refractivity contribution in [2.75, 3.05) is 11.5 Å². The Balaban J connectivity index is 2.13. The molecular formula is C22H25F3N4S2. The zero-order valence-electron chi connectivity index (χ0n) is 17.5. The summed E-state index contributed by atoms with van der Waals surface area (Å²) < 4.78 is 39.0. The second kappa shape index (κ2) is 8.60. The van der Waals surface area contributed by atoms with E-state index in [1.807, 2.05) is 0 Å². The summed E-state index contributed by atoms with van der Waals surface area (Å²) in [5.41, 5.74) is 3.09. The number of thioether (sulfide) groups is 2. The normalized spacial score (nSPS) is 28.4. The fourth-order valence-corrected chi connectivity index (χ4v) is 8.15. The van der Waals surface area contributed by atoms with E-state index in [1.54, 1.807) is 6.07 Å². The number of nitrogens with zero attached hydrogens (tertiary/aromatic N) is 3. The molecule has 0 bridgehead atoms. The average Bonchev–Trinajstić information content (AvgIpc) is 3.32. The van der Waals surface area contributed by atoms with E-state index in [0.717, 1.165) is 49.3 Å². The van der Waals surface area contributed by atoms with Crippen LogP contribution < -0.4 is 5.73 Å². The number of halogens is 3. The predicted molar refractivity (Wildman–Crippen MR) is 119 cm³/mol. The van der Waals surface area contributed by atoms with Crippen LogP contribution in [0.3, 0.4) is 0 Å². The lowest BCUT2D eigenvalue weighted by molar-refractivity contribution is -0.137. The van der Waals surface area contributed by atoms with Gasteiger partial charge in [0.2, 0.25) is 0 Å². The van der Waals surface area contributed by atoms with Crippen LogP contribution in [0, 0.1) is 33.5 Å². The minimum absolute atomic E-state index is 0.0620. The Bertz CT molecular complexity index is 939. The van der Waals surface area contributed by atoms with E-state index >= 15 is 0 Å². The quantitative estimate of drug-likeness (QED) is 0.361. The minimum atomic E-state index is -4.51. The number of nitriles is 2. The van der Waals surface area contributed by atoms with Gasteiger partial charge < -0.3 is 5.73 Å². The molecule has 4 nitrogen and oxygen atoms in total. The maximum atomic E-state index is 13.3. The molecule has 166 valence electrons. The topological polar surface area (TPSA) is 86.0 Å². The molecule has 9 heteroatoms. The van der Waals surface area contributed by atoms with Crippen molar-refractivity contribution in [1.29, 1.82) is 10.5 Å². The van der Waals surface area contributed by atoms with Crippen molar-refractivity contribution in [3.63, 3.8) is 0 Å². The number of aliphatic imine (C=N–C) groups is 1. The smallest absolute Gasteiger partial charge is 0.386 e. The minimum Gasteiger partial charge on any atom is -0.386 e. The van der Waals surface area contributed by atoms with E-state index in [9.17, 15) is 23.7 Å². The fraction of sp³-hybridized carbons (Fsp3) is 0.591. The largest absolute Gasteiger partial charge is 0.416 e. The lowest BCUT2D eigenvalue weighted by Gasteiger charge is -2.32. The van der Waals surface area contributed by atoms with Crippen LogP contribution in [0.15, 0.2) is 29.3 Å². The first-order chi connectivity index (χ1) is 14.7. The Labute approximate surface area is 189 Å². The van der Waals surface area contributed by atoms with Crippen LogP contribution in [0.25, 0.3) is 0 Å². The summed E-state index contributed by atoms with van der Waals surface area (Å²) >= 11 is 3.01. The van der Waals surface area contributed by atoms with Gasteiger partial charge in [0.25, 0.3) is 0 Å². The van der Waals surface area contributed by atoms with Gasteiger partial charge in [-0.15, -0.1) is 23.5 Å². The molecule has 0 amide bonds. The van der Waals surface area contributed by atoms with Gasteiger partial charge in [0.15, 0.2) is 4.20 Å². The highest BCUT2D eigenvalue weighted by atomic mass is 32.2. The number of benzene rings is 1. The molecule has 0 radical (unpaired) electrons. The van der Waals surface area contributed by atoms with E-state index < -0.39 is 32.7 Å². The molecule has 1 aromatic rings. The molecule has 3 rings (SSSR count). The molecule has 0 spiro atoms. The molecule has 1 fully saturated rings. The molecule has 1 aliphatic carbocycles. The number of alkyl halides is 3. The van der Waals surface area contributed by atoms with Gasteiger partial charge in [-0.2, -0.15) is 23.7 Å². The van der Waals surface area contributed by atoms with Crippen LogP contribution in [0.4, 0.5) is 13.2 Å². The van der Waals surface area contributed by atoms with Crippen molar-refractivity contribution in [2.45, 2.75) is 55.8 Å². The molecular weight excluding hydrogens is 441 g/mol. The summed E-state index contributed by atoms with van der Waals surface area (Å²) in [4.78, 5) is 4.68. The Kier molecular flexibility index (Phi) is 6.60. The van der Waals surface area contributed by atoms with E-state index in [-0.39, 0.29) is 5.84 Å². The fourth-order valence-electron chi connectivity index (χ4n) is 4.46. The Morgan fingerprint density at radius 3 is 2.19 bits per heavy atom. The summed E-state index contributed by atoms with van der Waals surface area (Å²) in [5, 5.41) is 20.6. The highest BCUT2D eigenvalue weighted by Gasteiger charge is 2.91. The summed E-state index contributed by atoms with van der Waals surface area (Å²) in [6.45, 7) is 4.12. The number of rotatable bonds is 9. The van der Waals surface area contributed by atoms with Crippen LogP contribution in [0.2, 0.25) is 0 Å². The zero-order valence-corrected chi connectivity index (χ0v) is 19.1. The van der Waals surface area contributed by atoms with Crippen LogP contribution in [0.5, 0.6) is 0 Å². The van der Waals surface area contributed by atoms with Gasteiger partial charge in [-0.3, -0.25) is 0 Å². The van der Waals surface area contributed by atoms with Crippen molar-refractivity contribution in [3.05, 3.63) is 35.4 Å². The van der Waals surface area contributed by atoms with E-state index in [1.165, 1.54) is 29.6 Å². The van der Waals surface area contributed by atoms with E-state index in [2.05, 4.69) is 31.0 Å². The first-order valence-corrected chi connectivity index (χ1v) is 12.3. The Morgan fingerprint density at radius 1 is 1.10 bits per heavy atom. The number of amidine groups is 1. The maximum absolute atomic E-state index is 13.3. The number of unbranched alkanes of at least 4 members (excludes halogenated alkanes) is 2. The average molecular weight is 467 g/mol. The molecule has 3 unspecified atom stereocenters. The van der Waals surface area contributed by atoms with Crippen LogP contribution in [-0.4, -0.2) is 21.5 Å². The van der Waals surface area contributed by atoms with Gasteiger partial charge in [0.1, 0.15) is 16.7 Å². The van der Waals surface area contributed by atoms with Gasteiger partial charge in [-0.1, -0.05) is 44.9 Å². The summed E-state index contributed by atoms with van der Waals surface area (Å²) in [6, 6.07) is 9.49. The first kappa shape index (κ1) is 23.8. The van der Waals surface area contributed by atoms with Crippen molar-refractivity contribution in [2.24, 2.45) is 21.6 Å². The number of fused-ring (bicyclic) bond motifs is 1. The summed E-state index contributed by atoms with van der Waals surface area (Å²) in [5.74, 6) is 0.768. The zero-order chi connectivity index (χ0) is 22.9. The van der Waals surface area contributed by atoms with Gasteiger partial charge in [-0.05, 0) is 36.0 Å². The molecule has 2 N–H and O–H groups in total. The monoisotopic (exact) mass is 466 g/mol. The van der Waals surface area contributed by atoms with Crippen LogP contribution >= 0.6 is 23.5 Å². The molecule has 1 saturated carbocycles. The summed E-state index contributed by atoms with van der Waals surface area (Å²) in [7, 11) is 0. The first-order valence-electron chi connectivity index (χ1n) is 10.3. The van der Waals surface area contributed by atoms with Crippen LogP contribution in [-0.2, 0) is 6.18 Å². The maximum Gasteiger partial charge on any atom is 0.416 e. The van der Waals surface area contributed by atoms with Crippen molar-refractivity contribution >= 4 is 29.4 Å². The number of hydrogen-bond donors (Lipinski definition) is 1. The Morgan fingerprint density at radius 2 is 1.71 bits per heavy atom. The lowest BCUT2D eigenvalue weighted by atomic mass is 9.97. The molecule has 1 aromatic carbocycles. The molecule has 0 saturated heterocycles. The van der Waals surface area contributed by atoms with Gasteiger partial charge in [0.05, 0.1) is 17.7 Å². The predicted octanol–water partition coefficient (Wildman–Crippen LogP) is 5.91. The third-order valence-electron chi connectivity index (χ3n) is 6.07. The third-order valence-corrected chi connectivity index (χ3v) is 9.37. The van der Waals surface area contributed by atoms with E-state index in [0.29, 0.717) is 5.56 Å². The summed E-state index contributed by atoms with van der Waals surface area (Å²) in [6.07, 6.45) is -0.775. The van der Waals surface area contributed by atoms with E-state index in [4.69, 9.17) is 5.73 Å². The SMILES string of the molecule is CCCCSC1(SCCCC)N=C(N)C2(C#N)C(c3cccc(C(F)(F)F)c3)C12C#N. The molecule has 1 heterocycles. The van der Waals surface area contributed by atoms with Gasteiger partial charge >= 0.3 is 6.18 Å². The van der Waals surface area contributed by atoms with Crippen LogP contribution in [0.1, 0.15) is 56.6 Å². The van der Waals surface area contributed by atoms with Gasteiger partial charge in [0, 0.05) is 5.92 Å². The van der Waals surface area contributed by atoms with Crippen molar-refractivity contribution < 1.29 is 13.2 Å². The highest BCUT2D eigenvalue weighted by molar-refractivity contribution is 8.18. The standard InChI is InChI=1S/C22H25F3N4S2/c1-3-5-10-30-22(31-11-6-4-2)20(14-27)17(19(20,13-26)18(28)29-22)15-8-7-9-16(12-15)21(23,24)25/h7-9,12,17H,3-6,10-11H2,1-2H3,(H2,28,29).